The van der Waals surface area contributed by atoms with E-state index in [1.807, 2.05) is 37.6 Å². The predicted octanol–water partition coefficient (Wildman–Crippen LogP) is 3.90. The number of pyridine rings is 2. The minimum Gasteiger partial charge on any atom is -0.313 e. The van der Waals surface area contributed by atoms with E-state index < -0.39 is 0 Å². The van der Waals surface area contributed by atoms with Gasteiger partial charge in [-0.3, -0.25) is 9.97 Å². The molecule has 1 aromatic carbocycles. The molecular formula is C17H16BrN3. The average molecular weight is 342 g/mol. The van der Waals surface area contributed by atoms with Crippen molar-refractivity contribution in [3.05, 3.63) is 70.6 Å². The van der Waals surface area contributed by atoms with Crippen LogP contribution in [0.15, 0.2) is 59.3 Å². The van der Waals surface area contributed by atoms with Crippen LogP contribution in [0, 0.1) is 0 Å². The third kappa shape index (κ3) is 3.12. The Hall–Kier alpha value is -1.78. The van der Waals surface area contributed by atoms with Crippen molar-refractivity contribution >= 4 is 26.8 Å². The lowest BCUT2D eigenvalue weighted by Crippen LogP contribution is -2.19. The first-order chi connectivity index (χ1) is 10.3. The quantitative estimate of drug-likeness (QED) is 0.782. The zero-order valence-electron chi connectivity index (χ0n) is 11.8. The first kappa shape index (κ1) is 14.2. The second-order valence-electron chi connectivity index (χ2n) is 4.94. The topological polar surface area (TPSA) is 37.8 Å². The van der Waals surface area contributed by atoms with Gasteiger partial charge in [-0.25, -0.2) is 0 Å². The highest BCUT2D eigenvalue weighted by atomic mass is 79.9. The number of aromatic nitrogens is 2. The molecule has 0 amide bonds. The lowest BCUT2D eigenvalue weighted by Gasteiger charge is -2.18. The van der Waals surface area contributed by atoms with E-state index in [9.17, 15) is 0 Å². The molecule has 106 valence electrons. The molecule has 4 heteroatoms. The van der Waals surface area contributed by atoms with Crippen LogP contribution in [-0.4, -0.2) is 17.0 Å². The maximum Gasteiger partial charge on any atom is 0.0749 e. The van der Waals surface area contributed by atoms with Crippen molar-refractivity contribution in [2.75, 3.05) is 7.05 Å². The maximum atomic E-state index is 4.54. The Kier molecular flexibility index (Phi) is 4.27. The molecule has 3 aromatic rings. The van der Waals surface area contributed by atoms with E-state index in [1.165, 1.54) is 10.9 Å². The summed E-state index contributed by atoms with van der Waals surface area (Å²) in [5.74, 6) is 0. The minimum atomic E-state index is 0.192. The van der Waals surface area contributed by atoms with Crippen molar-refractivity contribution in [3.63, 3.8) is 0 Å². The molecule has 0 spiro atoms. The van der Waals surface area contributed by atoms with Crippen LogP contribution in [0.3, 0.4) is 0 Å². The van der Waals surface area contributed by atoms with E-state index in [1.54, 1.807) is 0 Å². The lowest BCUT2D eigenvalue weighted by molar-refractivity contribution is 0.587. The number of nitrogens with one attached hydrogen (secondary N) is 1. The number of rotatable bonds is 4. The summed E-state index contributed by atoms with van der Waals surface area (Å²) in [5.41, 5.74) is 3.32. The Balaban J connectivity index is 1.96. The van der Waals surface area contributed by atoms with Crippen LogP contribution in [-0.2, 0) is 6.42 Å². The summed E-state index contributed by atoms with van der Waals surface area (Å²) in [7, 11) is 1.98. The number of hydrogen-bond donors (Lipinski definition) is 1. The van der Waals surface area contributed by atoms with Crippen molar-refractivity contribution in [1.82, 2.24) is 15.3 Å². The average Bonchev–Trinajstić information content (AvgIpc) is 2.54. The normalized spacial score (nSPS) is 12.5. The second-order valence-corrected chi connectivity index (χ2v) is 5.85. The van der Waals surface area contributed by atoms with Crippen LogP contribution in [0.4, 0.5) is 0 Å². The zero-order chi connectivity index (χ0) is 14.7. The van der Waals surface area contributed by atoms with E-state index >= 15 is 0 Å². The van der Waals surface area contributed by atoms with Gasteiger partial charge in [0.2, 0.25) is 0 Å². The molecule has 0 saturated carbocycles. The fourth-order valence-electron chi connectivity index (χ4n) is 2.51. The third-order valence-electron chi connectivity index (χ3n) is 3.59. The van der Waals surface area contributed by atoms with Crippen molar-refractivity contribution < 1.29 is 0 Å². The molecule has 0 radical (unpaired) electrons. The molecule has 21 heavy (non-hydrogen) atoms. The maximum absolute atomic E-state index is 4.54. The van der Waals surface area contributed by atoms with Gasteiger partial charge < -0.3 is 5.32 Å². The first-order valence-corrected chi connectivity index (χ1v) is 7.68. The van der Waals surface area contributed by atoms with Crippen LogP contribution in [0.2, 0.25) is 0 Å². The van der Waals surface area contributed by atoms with E-state index in [0.29, 0.717) is 0 Å². The molecule has 0 aliphatic rings. The van der Waals surface area contributed by atoms with Crippen LogP contribution in [0.5, 0.6) is 0 Å². The summed E-state index contributed by atoms with van der Waals surface area (Å²) in [6.07, 6.45) is 4.51. The smallest absolute Gasteiger partial charge is 0.0749 e. The number of fused-ring (bicyclic) bond motifs is 1. The standard InChI is InChI=1S/C17H16BrN3/c1-19-16(10-14-8-7-13(18)11-21-14)15-6-2-4-12-5-3-9-20-17(12)15/h2-9,11,16,19H,10H2,1H3. The first-order valence-electron chi connectivity index (χ1n) is 6.89. The Bertz CT molecular complexity index is 735. The van der Waals surface area contributed by atoms with Crippen molar-refractivity contribution in [2.24, 2.45) is 0 Å². The molecule has 2 aromatic heterocycles. The van der Waals surface area contributed by atoms with E-state index in [2.05, 4.69) is 55.5 Å². The molecule has 0 saturated heterocycles. The van der Waals surface area contributed by atoms with Gasteiger partial charge in [0, 0.05) is 40.4 Å². The van der Waals surface area contributed by atoms with E-state index in [-0.39, 0.29) is 6.04 Å². The molecular weight excluding hydrogens is 326 g/mol. The molecule has 1 unspecified atom stereocenters. The van der Waals surface area contributed by atoms with Crippen LogP contribution in [0.1, 0.15) is 17.3 Å². The van der Waals surface area contributed by atoms with Gasteiger partial charge >= 0.3 is 0 Å². The van der Waals surface area contributed by atoms with Gasteiger partial charge in [0.05, 0.1) is 5.52 Å². The van der Waals surface area contributed by atoms with Crippen LogP contribution >= 0.6 is 15.9 Å². The molecule has 0 fully saturated rings. The predicted molar refractivity (Wildman–Crippen MR) is 89.2 cm³/mol. The summed E-state index contributed by atoms with van der Waals surface area (Å²) in [5, 5.41) is 4.55. The Morgan fingerprint density at radius 3 is 2.71 bits per heavy atom. The number of halogens is 1. The monoisotopic (exact) mass is 341 g/mol. The van der Waals surface area contributed by atoms with Crippen molar-refractivity contribution in [2.45, 2.75) is 12.5 Å². The fraction of sp³-hybridized carbons (Fsp3) is 0.176. The Morgan fingerprint density at radius 1 is 1.10 bits per heavy atom. The minimum absolute atomic E-state index is 0.192. The highest BCUT2D eigenvalue weighted by Gasteiger charge is 2.14. The molecule has 1 N–H and O–H groups in total. The summed E-state index contributed by atoms with van der Waals surface area (Å²) in [6.45, 7) is 0. The Morgan fingerprint density at radius 2 is 1.95 bits per heavy atom. The van der Waals surface area contributed by atoms with Gasteiger partial charge in [0.25, 0.3) is 0 Å². The van der Waals surface area contributed by atoms with Gasteiger partial charge in [-0.15, -0.1) is 0 Å². The zero-order valence-corrected chi connectivity index (χ0v) is 13.3. The lowest BCUT2D eigenvalue weighted by atomic mass is 9.99. The number of likely N-dealkylation sites (N-methyl/N-ethyl adjacent to an activating group) is 1. The van der Waals surface area contributed by atoms with Crippen molar-refractivity contribution in [1.29, 1.82) is 0 Å². The van der Waals surface area contributed by atoms with Crippen molar-refractivity contribution in [3.8, 4) is 0 Å². The van der Waals surface area contributed by atoms with Crippen LogP contribution in [0.25, 0.3) is 10.9 Å². The summed E-state index contributed by atoms with van der Waals surface area (Å²) >= 11 is 3.42. The molecule has 0 aliphatic carbocycles. The Labute approximate surface area is 132 Å². The molecule has 3 nitrogen and oxygen atoms in total. The summed E-state index contributed by atoms with van der Waals surface area (Å²) in [6, 6.07) is 14.6. The molecule has 2 heterocycles. The highest BCUT2D eigenvalue weighted by molar-refractivity contribution is 9.10. The summed E-state index contributed by atoms with van der Waals surface area (Å²) < 4.78 is 0.999. The summed E-state index contributed by atoms with van der Waals surface area (Å²) in [4.78, 5) is 9.00. The molecule has 3 rings (SSSR count). The van der Waals surface area contributed by atoms with Gasteiger partial charge in [-0.05, 0) is 46.7 Å². The van der Waals surface area contributed by atoms with Gasteiger partial charge in [-0.2, -0.15) is 0 Å². The molecule has 1 atom stereocenters. The number of hydrogen-bond acceptors (Lipinski definition) is 3. The molecule has 0 aliphatic heterocycles. The van der Waals surface area contributed by atoms with Gasteiger partial charge in [-0.1, -0.05) is 24.3 Å². The number of benzene rings is 1. The van der Waals surface area contributed by atoms with E-state index in [4.69, 9.17) is 0 Å². The largest absolute Gasteiger partial charge is 0.313 e. The van der Waals surface area contributed by atoms with Gasteiger partial charge in [0.1, 0.15) is 0 Å². The van der Waals surface area contributed by atoms with Gasteiger partial charge in [0.15, 0.2) is 0 Å². The van der Waals surface area contributed by atoms with E-state index in [0.717, 1.165) is 22.1 Å². The SMILES string of the molecule is CNC(Cc1ccc(Br)cn1)c1cccc2cccnc12. The highest BCUT2D eigenvalue weighted by Crippen LogP contribution is 2.24. The fourth-order valence-corrected chi connectivity index (χ4v) is 2.75. The molecule has 0 bridgehead atoms. The second kappa shape index (κ2) is 6.33. The van der Waals surface area contributed by atoms with Crippen LogP contribution < -0.4 is 5.32 Å². The number of nitrogens with zero attached hydrogens (tertiary/aromatic N) is 2. The number of para-hydroxylation sites is 1. The third-order valence-corrected chi connectivity index (χ3v) is 4.06.